The Morgan fingerprint density at radius 1 is 1.22 bits per heavy atom. The minimum atomic E-state index is 0.655. The van der Waals surface area contributed by atoms with Crippen molar-refractivity contribution in [2.45, 2.75) is 45.4 Å². The Morgan fingerprint density at radius 2 is 2.00 bits per heavy atom. The van der Waals surface area contributed by atoms with Crippen LogP contribution in [0.4, 0.5) is 0 Å². The highest BCUT2D eigenvalue weighted by Crippen LogP contribution is 2.35. The molecule has 3 saturated heterocycles. The fourth-order valence-corrected chi connectivity index (χ4v) is 4.28. The zero-order valence-electron chi connectivity index (χ0n) is 13.5. The molecule has 0 aromatic carbocycles. The van der Waals surface area contributed by atoms with Gasteiger partial charge in [-0.05, 0) is 47.8 Å². The molecule has 2 aromatic rings. The fraction of sp³-hybridized carbons (Fsp3) is 0.529. The third-order valence-electron chi connectivity index (χ3n) is 5.11. The maximum atomic E-state index is 5.30. The van der Waals surface area contributed by atoms with Crippen molar-refractivity contribution in [1.82, 2.24) is 19.9 Å². The summed E-state index contributed by atoms with van der Waals surface area (Å²) in [6, 6.07) is 3.47. The fourth-order valence-electron chi connectivity index (χ4n) is 3.87. The van der Waals surface area contributed by atoms with Crippen LogP contribution in [0.3, 0.4) is 0 Å². The van der Waals surface area contributed by atoms with Gasteiger partial charge in [-0.2, -0.15) is 0 Å². The molecule has 2 atom stereocenters. The van der Waals surface area contributed by atoms with E-state index in [-0.39, 0.29) is 0 Å². The van der Waals surface area contributed by atoms with Gasteiger partial charge in [-0.25, -0.2) is 0 Å². The highest BCUT2D eigenvalue weighted by atomic mass is 79.9. The number of hydrogen-bond acceptors (Lipinski definition) is 5. The molecule has 0 N–H and O–H groups in total. The van der Waals surface area contributed by atoms with E-state index >= 15 is 0 Å². The van der Waals surface area contributed by atoms with Gasteiger partial charge in [0.1, 0.15) is 5.76 Å². The van der Waals surface area contributed by atoms with Gasteiger partial charge in [-0.3, -0.25) is 14.8 Å². The zero-order valence-corrected chi connectivity index (χ0v) is 15.1. The van der Waals surface area contributed by atoms with Crippen LogP contribution in [0, 0.1) is 13.8 Å². The van der Waals surface area contributed by atoms with E-state index in [1.165, 1.54) is 17.5 Å². The average molecular weight is 377 g/mol. The summed E-state index contributed by atoms with van der Waals surface area (Å²) < 4.78 is 6.35. The van der Waals surface area contributed by atoms with Crippen molar-refractivity contribution in [3.63, 3.8) is 0 Å². The number of piperidine rings is 1. The van der Waals surface area contributed by atoms with E-state index in [4.69, 9.17) is 4.52 Å². The number of rotatable bonds is 4. The molecule has 6 heteroatoms. The minimum absolute atomic E-state index is 0.655. The number of nitrogens with zero attached hydrogens (tertiary/aromatic N) is 4. The van der Waals surface area contributed by atoms with Crippen molar-refractivity contribution in [3.8, 4) is 0 Å². The molecule has 5 nitrogen and oxygen atoms in total. The average Bonchev–Trinajstić information content (AvgIpc) is 2.84. The number of halogens is 1. The molecule has 2 bridgehead atoms. The molecular formula is C17H21BrN4O. The number of piperazine rings is 1. The van der Waals surface area contributed by atoms with E-state index in [1.54, 1.807) is 0 Å². The molecule has 3 aliphatic heterocycles. The van der Waals surface area contributed by atoms with Gasteiger partial charge >= 0.3 is 0 Å². The predicted molar refractivity (Wildman–Crippen MR) is 90.9 cm³/mol. The van der Waals surface area contributed by atoms with Crippen molar-refractivity contribution in [2.24, 2.45) is 0 Å². The van der Waals surface area contributed by atoms with Crippen molar-refractivity contribution >= 4 is 15.9 Å². The molecular weight excluding hydrogens is 356 g/mol. The molecule has 0 radical (unpaired) electrons. The number of fused-ring (bicyclic) bond motifs is 2. The molecule has 122 valence electrons. The van der Waals surface area contributed by atoms with Crippen LogP contribution < -0.4 is 0 Å². The Balaban J connectivity index is 1.39. The van der Waals surface area contributed by atoms with Crippen molar-refractivity contribution in [1.29, 1.82) is 0 Å². The Bertz CT molecular complexity index is 685. The second-order valence-electron chi connectivity index (χ2n) is 6.72. The van der Waals surface area contributed by atoms with Crippen LogP contribution in [-0.4, -0.2) is 45.1 Å². The second kappa shape index (κ2) is 6.00. The summed E-state index contributed by atoms with van der Waals surface area (Å²) in [6.07, 6.45) is 5.12. The number of aryl methyl sites for hydroxylation is 2. The largest absolute Gasteiger partial charge is 0.361 e. The lowest BCUT2D eigenvalue weighted by Gasteiger charge is -2.56. The first kappa shape index (κ1) is 15.3. The first-order valence-corrected chi connectivity index (χ1v) is 8.88. The highest BCUT2D eigenvalue weighted by Gasteiger charge is 2.44. The van der Waals surface area contributed by atoms with Crippen LogP contribution in [0.15, 0.2) is 27.5 Å². The minimum Gasteiger partial charge on any atom is -0.361 e. The Hall–Kier alpha value is -1.24. The summed E-state index contributed by atoms with van der Waals surface area (Å²) >= 11 is 3.50. The van der Waals surface area contributed by atoms with Gasteiger partial charge in [0.2, 0.25) is 0 Å². The Labute approximate surface area is 144 Å². The topological polar surface area (TPSA) is 45.4 Å². The lowest BCUT2D eigenvalue weighted by atomic mass is 9.86. The standard InChI is InChI=1S/C17H21BrN4O/c1-11-17(12(2)23-20-11)10-22-15-4-16(22)9-21(8-15)7-13-3-14(18)6-19-5-13/h3,5-6,15-16H,4,7-10H2,1-2H3. The lowest BCUT2D eigenvalue weighted by molar-refractivity contribution is -0.0777. The van der Waals surface area contributed by atoms with Gasteiger partial charge < -0.3 is 4.52 Å². The van der Waals surface area contributed by atoms with Crippen molar-refractivity contribution in [3.05, 3.63) is 45.5 Å². The molecule has 0 amide bonds. The molecule has 3 fully saturated rings. The molecule has 23 heavy (non-hydrogen) atoms. The van der Waals surface area contributed by atoms with Crippen LogP contribution in [0.2, 0.25) is 0 Å². The molecule has 3 aliphatic rings. The normalized spacial score (nSPS) is 24.7. The summed E-state index contributed by atoms with van der Waals surface area (Å²) in [5, 5.41) is 4.08. The SMILES string of the molecule is Cc1noc(C)c1CN1C2CC1CN(Cc1cncc(Br)c1)C2. The van der Waals surface area contributed by atoms with E-state index in [0.717, 1.165) is 42.1 Å². The molecule has 5 heterocycles. The van der Waals surface area contributed by atoms with Gasteiger partial charge in [-0.15, -0.1) is 0 Å². The van der Waals surface area contributed by atoms with Gasteiger partial charge in [0.05, 0.1) is 5.69 Å². The first-order valence-electron chi connectivity index (χ1n) is 8.09. The molecule has 2 aromatic heterocycles. The summed E-state index contributed by atoms with van der Waals surface area (Å²) in [4.78, 5) is 9.42. The summed E-state index contributed by atoms with van der Waals surface area (Å²) in [6.45, 7) is 8.27. The molecule has 0 spiro atoms. The number of pyridine rings is 1. The van der Waals surface area contributed by atoms with Crippen LogP contribution in [0.5, 0.6) is 0 Å². The zero-order chi connectivity index (χ0) is 16.0. The molecule has 2 unspecified atom stereocenters. The molecule has 0 aliphatic carbocycles. The molecule has 5 rings (SSSR count). The summed E-state index contributed by atoms with van der Waals surface area (Å²) in [5.74, 6) is 0.963. The smallest absolute Gasteiger partial charge is 0.138 e. The number of aromatic nitrogens is 2. The van der Waals surface area contributed by atoms with Crippen LogP contribution >= 0.6 is 15.9 Å². The van der Waals surface area contributed by atoms with Crippen molar-refractivity contribution < 1.29 is 4.52 Å². The second-order valence-corrected chi connectivity index (χ2v) is 7.64. The predicted octanol–water partition coefficient (Wildman–Crippen LogP) is 2.91. The van der Waals surface area contributed by atoms with E-state index in [2.05, 4.69) is 41.9 Å². The first-order chi connectivity index (χ1) is 11.1. The molecule has 0 saturated carbocycles. The Morgan fingerprint density at radius 3 is 2.65 bits per heavy atom. The van der Waals surface area contributed by atoms with Gasteiger partial charge in [0, 0.05) is 60.7 Å². The van der Waals surface area contributed by atoms with E-state index in [0.29, 0.717) is 12.1 Å². The van der Waals surface area contributed by atoms with Gasteiger partial charge in [-0.1, -0.05) is 5.16 Å². The summed E-state index contributed by atoms with van der Waals surface area (Å²) in [7, 11) is 0. The summed E-state index contributed by atoms with van der Waals surface area (Å²) in [5.41, 5.74) is 3.58. The van der Waals surface area contributed by atoms with E-state index < -0.39 is 0 Å². The third-order valence-corrected chi connectivity index (χ3v) is 5.54. The van der Waals surface area contributed by atoms with Gasteiger partial charge in [0.15, 0.2) is 0 Å². The monoisotopic (exact) mass is 376 g/mol. The van der Waals surface area contributed by atoms with Crippen molar-refractivity contribution in [2.75, 3.05) is 13.1 Å². The van der Waals surface area contributed by atoms with E-state index in [9.17, 15) is 0 Å². The van der Waals surface area contributed by atoms with E-state index in [1.807, 2.05) is 26.2 Å². The van der Waals surface area contributed by atoms with Gasteiger partial charge in [0.25, 0.3) is 0 Å². The quantitative estimate of drug-likeness (QED) is 0.820. The highest BCUT2D eigenvalue weighted by molar-refractivity contribution is 9.10. The third kappa shape index (κ3) is 2.95. The lowest BCUT2D eigenvalue weighted by Crippen LogP contribution is -2.67. The van der Waals surface area contributed by atoms with Crippen LogP contribution in [0.25, 0.3) is 0 Å². The maximum Gasteiger partial charge on any atom is 0.138 e. The Kier molecular flexibility index (Phi) is 3.99. The van der Waals surface area contributed by atoms with Crippen LogP contribution in [0.1, 0.15) is 29.0 Å². The van der Waals surface area contributed by atoms with Crippen LogP contribution in [-0.2, 0) is 13.1 Å². The maximum absolute atomic E-state index is 5.30. The number of hydrogen-bond donors (Lipinski definition) is 0.